The summed E-state index contributed by atoms with van der Waals surface area (Å²) in [5.74, 6) is 1.29. The van der Waals surface area contributed by atoms with Crippen LogP contribution in [0.1, 0.15) is 22.6 Å². The Balaban J connectivity index is 1.59. The molecule has 0 aliphatic carbocycles. The Morgan fingerprint density at radius 2 is 1.69 bits per heavy atom. The quantitative estimate of drug-likeness (QED) is 0.282. The Morgan fingerprint density at radius 1 is 1.00 bits per heavy atom. The van der Waals surface area contributed by atoms with Crippen LogP contribution >= 0.6 is 23.2 Å². The van der Waals surface area contributed by atoms with Gasteiger partial charge in [0.05, 0.1) is 19.1 Å². The molecule has 0 amide bonds. The molecular formula is C26H21Cl2N5O2. The highest BCUT2D eigenvalue weighted by atomic mass is 35.5. The van der Waals surface area contributed by atoms with Crippen molar-refractivity contribution >= 4 is 40.4 Å². The van der Waals surface area contributed by atoms with Gasteiger partial charge in [0, 0.05) is 15.7 Å². The first-order valence-corrected chi connectivity index (χ1v) is 11.3. The van der Waals surface area contributed by atoms with Crippen LogP contribution in [0.4, 0.5) is 17.2 Å². The number of benzene rings is 3. The number of nitriles is 1. The molecule has 0 radical (unpaired) electrons. The second kappa shape index (κ2) is 10.5. The van der Waals surface area contributed by atoms with Crippen LogP contribution in [0.5, 0.6) is 17.4 Å². The first kappa shape index (κ1) is 24.1. The zero-order valence-electron chi connectivity index (χ0n) is 18.9. The lowest BCUT2D eigenvalue weighted by atomic mass is 9.91. The number of methoxy groups -OCH3 is 1. The molecule has 3 N–H and O–H groups in total. The Kier molecular flexibility index (Phi) is 7.25. The molecule has 9 heteroatoms. The summed E-state index contributed by atoms with van der Waals surface area (Å²) in [6.45, 7) is 1.91. The largest absolute Gasteiger partial charge is 0.497 e. The molecule has 0 spiro atoms. The third kappa shape index (κ3) is 5.40. The van der Waals surface area contributed by atoms with Gasteiger partial charge < -0.3 is 20.5 Å². The van der Waals surface area contributed by atoms with Crippen LogP contribution in [0.3, 0.4) is 0 Å². The highest BCUT2D eigenvalue weighted by molar-refractivity contribution is 6.32. The van der Waals surface area contributed by atoms with E-state index in [9.17, 15) is 5.26 Å². The van der Waals surface area contributed by atoms with Gasteiger partial charge >= 0.3 is 0 Å². The van der Waals surface area contributed by atoms with Crippen LogP contribution in [0.25, 0.3) is 0 Å². The number of ether oxygens (including phenoxy) is 2. The maximum Gasteiger partial charge on any atom is 0.248 e. The van der Waals surface area contributed by atoms with Gasteiger partial charge in [-0.1, -0.05) is 41.4 Å². The van der Waals surface area contributed by atoms with Crippen molar-refractivity contribution in [1.29, 1.82) is 5.26 Å². The number of aryl methyl sites for hydroxylation is 1. The van der Waals surface area contributed by atoms with E-state index in [1.165, 1.54) is 6.33 Å². The second-order valence-corrected chi connectivity index (χ2v) is 8.49. The average molecular weight is 506 g/mol. The van der Waals surface area contributed by atoms with Gasteiger partial charge in [-0.2, -0.15) is 10.2 Å². The van der Waals surface area contributed by atoms with Gasteiger partial charge in [-0.3, -0.25) is 0 Å². The molecule has 4 rings (SSSR count). The lowest BCUT2D eigenvalue weighted by Crippen LogP contribution is -2.05. The molecule has 0 fully saturated rings. The molecule has 35 heavy (non-hydrogen) atoms. The minimum atomic E-state index is -0.541. The molecule has 176 valence electrons. The number of nitrogen functional groups attached to an aromatic ring is 1. The fourth-order valence-corrected chi connectivity index (χ4v) is 3.88. The third-order valence-corrected chi connectivity index (χ3v) is 5.94. The first-order valence-electron chi connectivity index (χ1n) is 10.5. The summed E-state index contributed by atoms with van der Waals surface area (Å²) >= 11 is 12.6. The molecule has 1 unspecified atom stereocenters. The zero-order chi connectivity index (χ0) is 24.9. The standard InChI is InChI=1S/C26H21Cl2N5O2/c1-15-11-20(21(13-29)16-3-5-17(27)6-4-16)22(28)12-23(15)33-25-24(30)26(32-14-31-25)35-19-9-7-18(34-2)8-10-19/h3-12,14,21H,30H2,1-2H3,(H,31,32,33). The van der Waals surface area contributed by atoms with E-state index in [0.717, 1.165) is 11.1 Å². The second-order valence-electron chi connectivity index (χ2n) is 7.65. The number of hydrogen-bond acceptors (Lipinski definition) is 7. The van der Waals surface area contributed by atoms with Gasteiger partial charge in [-0.05, 0) is 66.1 Å². The number of hydrogen-bond donors (Lipinski definition) is 2. The van der Waals surface area contributed by atoms with Crippen molar-refractivity contribution in [3.8, 4) is 23.4 Å². The fourth-order valence-electron chi connectivity index (χ4n) is 3.48. The minimum Gasteiger partial charge on any atom is -0.497 e. The summed E-state index contributed by atoms with van der Waals surface area (Å²) in [6.07, 6.45) is 1.36. The summed E-state index contributed by atoms with van der Waals surface area (Å²) in [4.78, 5) is 8.39. The van der Waals surface area contributed by atoms with Crippen LogP contribution in [-0.2, 0) is 0 Å². The molecule has 0 aliphatic heterocycles. The Labute approximate surface area is 213 Å². The van der Waals surface area contributed by atoms with Crippen LogP contribution in [0.2, 0.25) is 10.0 Å². The van der Waals surface area contributed by atoms with Crippen molar-refractivity contribution in [2.45, 2.75) is 12.8 Å². The summed E-state index contributed by atoms with van der Waals surface area (Å²) in [7, 11) is 1.59. The van der Waals surface area contributed by atoms with E-state index < -0.39 is 5.92 Å². The smallest absolute Gasteiger partial charge is 0.248 e. The maximum atomic E-state index is 9.83. The Morgan fingerprint density at radius 3 is 2.34 bits per heavy atom. The zero-order valence-corrected chi connectivity index (χ0v) is 20.4. The molecule has 3 aromatic carbocycles. The number of rotatable bonds is 7. The molecular weight excluding hydrogens is 485 g/mol. The monoisotopic (exact) mass is 505 g/mol. The number of nitrogens with zero attached hydrogens (tertiary/aromatic N) is 3. The Bertz CT molecular complexity index is 1390. The predicted molar refractivity (Wildman–Crippen MR) is 138 cm³/mol. The minimum absolute atomic E-state index is 0.209. The fraction of sp³-hybridized carbons (Fsp3) is 0.115. The lowest BCUT2D eigenvalue weighted by Gasteiger charge is -2.17. The van der Waals surface area contributed by atoms with Crippen molar-refractivity contribution in [2.24, 2.45) is 0 Å². The van der Waals surface area contributed by atoms with Crippen molar-refractivity contribution in [3.05, 3.63) is 93.7 Å². The number of nitrogens with one attached hydrogen (secondary N) is 1. The number of nitrogens with two attached hydrogens (primary N) is 1. The average Bonchev–Trinajstić information content (AvgIpc) is 2.86. The summed E-state index contributed by atoms with van der Waals surface area (Å²) in [6, 6.07) is 20.1. The van der Waals surface area contributed by atoms with Gasteiger partial charge in [0.25, 0.3) is 0 Å². The molecule has 0 saturated carbocycles. The van der Waals surface area contributed by atoms with E-state index in [1.807, 2.05) is 25.1 Å². The number of halogens is 2. The van der Waals surface area contributed by atoms with Crippen molar-refractivity contribution in [1.82, 2.24) is 9.97 Å². The topological polar surface area (TPSA) is 106 Å². The van der Waals surface area contributed by atoms with Gasteiger partial charge in [0.2, 0.25) is 5.88 Å². The van der Waals surface area contributed by atoms with E-state index in [1.54, 1.807) is 49.6 Å². The SMILES string of the molecule is COc1ccc(Oc2ncnc(Nc3cc(Cl)c(C(C#N)c4ccc(Cl)cc4)cc3C)c2N)cc1. The molecule has 1 heterocycles. The highest BCUT2D eigenvalue weighted by Crippen LogP contribution is 2.37. The molecule has 4 aromatic rings. The van der Waals surface area contributed by atoms with Gasteiger partial charge in [-0.25, -0.2) is 4.98 Å². The van der Waals surface area contributed by atoms with E-state index in [-0.39, 0.29) is 11.6 Å². The first-order chi connectivity index (χ1) is 16.9. The summed E-state index contributed by atoms with van der Waals surface area (Å²) < 4.78 is 11.0. The van der Waals surface area contributed by atoms with Gasteiger partial charge in [-0.15, -0.1) is 0 Å². The molecule has 0 bridgehead atoms. The van der Waals surface area contributed by atoms with Crippen LogP contribution < -0.4 is 20.5 Å². The van der Waals surface area contributed by atoms with E-state index in [4.69, 9.17) is 38.4 Å². The van der Waals surface area contributed by atoms with Crippen LogP contribution in [0, 0.1) is 18.3 Å². The number of aromatic nitrogens is 2. The maximum absolute atomic E-state index is 9.83. The Hall–Kier alpha value is -3.99. The molecule has 0 aliphatic rings. The predicted octanol–water partition coefficient (Wildman–Crippen LogP) is 6.87. The van der Waals surface area contributed by atoms with E-state index in [0.29, 0.717) is 38.6 Å². The summed E-state index contributed by atoms with van der Waals surface area (Å²) in [5.41, 5.74) is 9.56. The van der Waals surface area contributed by atoms with Crippen molar-refractivity contribution < 1.29 is 9.47 Å². The van der Waals surface area contributed by atoms with E-state index >= 15 is 0 Å². The van der Waals surface area contributed by atoms with Gasteiger partial charge in [0.15, 0.2) is 5.82 Å². The number of anilines is 3. The van der Waals surface area contributed by atoms with Gasteiger partial charge in [0.1, 0.15) is 23.5 Å². The van der Waals surface area contributed by atoms with Crippen molar-refractivity contribution in [2.75, 3.05) is 18.2 Å². The third-order valence-electron chi connectivity index (χ3n) is 5.36. The van der Waals surface area contributed by atoms with Crippen molar-refractivity contribution in [3.63, 3.8) is 0 Å². The highest BCUT2D eigenvalue weighted by Gasteiger charge is 2.19. The van der Waals surface area contributed by atoms with E-state index in [2.05, 4.69) is 21.4 Å². The molecule has 1 atom stereocenters. The molecule has 0 saturated heterocycles. The molecule has 1 aromatic heterocycles. The van der Waals surface area contributed by atoms with Crippen LogP contribution in [0.15, 0.2) is 67.0 Å². The molecule has 7 nitrogen and oxygen atoms in total. The lowest BCUT2D eigenvalue weighted by molar-refractivity contribution is 0.412. The van der Waals surface area contributed by atoms with Crippen LogP contribution in [-0.4, -0.2) is 17.1 Å². The normalized spacial score (nSPS) is 11.4. The summed E-state index contributed by atoms with van der Waals surface area (Å²) in [5, 5.41) is 14.1.